The summed E-state index contributed by atoms with van der Waals surface area (Å²) in [4.78, 5) is 0. The van der Waals surface area contributed by atoms with E-state index in [-0.39, 0.29) is 34.6 Å². The second kappa shape index (κ2) is 7.93. The van der Waals surface area contributed by atoms with Gasteiger partial charge in [-0.25, -0.2) is 8.78 Å². The maximum absolute atomic E-state index is 15.2. The van der Waals surface area contributed by atoms with Crippen LogP contribution in [0.15, 0.2) is 48.8 Å². The maximum Gasteiger partial charge on any atom is 0.305 e. The van der Waals surface area contributed by atoms with Gasteiger partial charge in [-0.15, -0.1) is 6.58 Å². The highest BCUT2D eigenvalue weighted by Crippen LogP contribution is 2.53. The molecule has 30 heavy (non-hydrogen) atoms. The summed E-state index contributed by atoms with van der Waals surface area (Å²) in [5, 5.41) is 0. The van der Waals surface area contributed by atoms with Gasteiger partial charge in [0.1, 0.15) is 11.6 Å². The van der Waals surface area contributed by atoms with E-state index < -0.39 is 28.7 Å². The first-order valence-electron chi connectivity index (χ1n) is 10.3. The lowest BCUT2D eigenvalue weighted by Crippen LogP contribution is -2.17. The van der Waals surface area contributed by atoms with Crippen LogP contribution in [0.3, 0.4) is 0 Å². The van der Waals surface area contributed by atoms with Gasteiger partial charge in [-0.2, -0.15) is 8.78 Å². The molecule has 0 radical (unpaired) electrons. The van der Waals surface area contributed by atoms with Gasteiger partial charge in [0.2, 0.25) is 0 Å². The summed E-state index contributed by atoms with van der Waals surface area (Å²) in [5.74, 6) is -4.58. The van der Waals surface area contributed by atoms with Gasteiger partial charge in [-0.05, 0) is 47.6 Å². The number of benzene rings is 2. The van der Waals surface area contributed by atoms with Crippen molar-refractivity contribution in [2.24, 2.45) is 5.92 Å². The van der Waals surface area contributed by atoms with Gasteiger partial charge in [0, 0.05) is 12.3 Å². The monoisotopic (exact) mass is 416 g/mol. The quantitative estimate of drug-likeness (QED) is 0.361. The summed E-state index contributed by atoms with van der Waals surface area (Å²) < 4.78 is 66.1. The third kappa shape index (κ3) is 3.34. The molecule has 1 unspecified atom stereocenters. The molecule has 1 atom stereocenters. The number of hydrogen-bond acceptors (Lipinski definition) is 1. The van der Waals surface area contributed by atoms with E-state index in [0.29, 0.717) is 25.9 Å². The van der Waals surface area contributed by atoms with E-state index in [1.54, 1.807) is 0 Å². The number of fused-ring (bicyclic) bond motifs is 3. The molecule has 0 amide bonds. The van der Waals surface area contributed by atoms with E-state index in [9.17, 15) is 4.39 Å². The van der Waals surface area contributed by atoms with Crippen molar-refractivity contribution in [2.75, 3.05) is 6.61 Å². The molecule has 0 fully saturated rings. The zero-order chi connectivity index (χ0) is 21.5. The number of hydrogen-bond donors (Lipinski definition) is 0. The molecule has 1 aliphatic heterocycles. The summed E-state index contributed by atoms with van der Waals surface area (Å²) in [6.45, 7) is 6.12. The summed E-state index contributed by atoms with van der Waals surface area (Å²) >= 11 is 0. The Balaban J connectivity index is 1.65. The van der Waals surface area contributed by atoms with Crippen LogP contribution in [0.1, 0.15) is 48.4 Å². The molecule has 0 bridgehead atoms. The second-order valence-corrected chi connectivity index (χ2v) is 7.96. The van der Waals surface area contributed by atoms with Gasteiger partial charge < -0.3 is 4.74 Å². The predicted molar refractivity (Wildman–Crippen MR) is 109 cm³/mol. The van der Waals surface area contributed by atoms with Crippen molar-refractivity contribution < 1.29 is 22.3 Å². The number of rotatable bonds is 6. The molecule has 2 aromatic rings. The van der Waals surface area contributed by atoms with Gasteiger partial charge in [-0.1, -0.05) is 43.7 Å². The third-order valence-electron chi connectivity index (χ3n) is 5.99. The lowest BCUT2D eigenvalue weighted by atomic mass is 9.97. The molecular formula is C25H24F4O. The highest BCUT2D eigenvalue weighted by atomic mass is 19.3. The molecule has 5 heteroatoms. The van der Waals surface area contributed by atoms with E-state index in [2.05, 4.69) is 6.58 Å². The molecule has 0 aromatic heterocycles. The zero-order valence-electron chi connectivity index (χ0n) is 16.9. The van der Waals surface area contributed by atoms with Crippen molar-refractivity contribution in [1.82, 2.24) is 0 Å². The minimum absolute atomic E-state index is 0.0696. The lowest BCUT2D eigenvalue weighted by Gasteiger charge is -2.21. The molecule has 2 aliphatic rings. The van der Waals surface area contributed by atoms with Crippen LogP contribution in [0.25, 0.3) is 11.1 Å². The van der Waals surface area contributed by atoms with Crippen molar-refractivity contribution in [1.29, 1.82) is 0 Å². The normalized spacial score (nSPS) is 19.0. The van der Waals surface area contributed by atoms with Gasteiger partial charge in [0.25, 0.3) is 0 Å². The molecule has 0 spiro atoms. The fourth-order valence-electron chi connectivity index (χ4n) is 4.30. The van der Waals surface area contributed by atoms with Crippen LogP contribution in [0.2, 0.25) is 0 Å². The fourth-order valence-corrected chi connectivity index (χ4v) is 4.30. The molecule has 0 N–H and O–H groups in total. The third-order valence-corrected chi connectivity index (χ3v) is 5.99. The Labute approximate surface area is 174 Å². The molecule has 1 nitrogen and oxygen atoms in total. The first-order chi connectivity index (χ1) is 14.4. The van der Waals surface area contributed by atoms with Crippen LogP contribution in [0, 0.1) is 17.6 Å². The number of alkyl halides is 2. The smallest absolute Gasteiger partial charge is 0.305 e. The molecule has 1 aliphatic carbocycles. The Morgan fingerprint density at radius 1 is 1.00 bits per heavy atom. The van der Waals surface area contributed by atoms with E-state index in [0.717, 1.165) is 12.2 Å². The molecule has 0 saturated carbocycles. The first kappa shape index (κ1) is 20.7. The molecule has 2 aromatic carbocycles. The number of aryl methyl sites for hydroxylation is 2. The maximum atomic E-state index is 15.2. The van der Waals surface area contributed by atoms with E-state index in [1.807, 2.05) is 19.1 Å². The molecule has 0 saturated heterocycles. The summed E-state index contributed by atoms with van der Waals surface area (Å²) in [6.07, 6.45) is 6.23. The van der Waals surface area contributed by atoms with Crippen molar-refractivity contribution in [2.45, 2.75) is 45.0 Å². The fraction of sp³-hybridized carbons (Fsp3) is 0.360. The standard InChI is InChI=1S/C25H24F4O/c1-3-5-16-8-12-19-20-13-9-17(7-11-18-10-6-15(4-2)14-30-18)24(27)22(20)25(28,29)21(19)23(16)26/h4,8-10,12-13,15H,2-3,5-7,11,14H2,1H3. The molecule has 4 rings (SSSR count). The summed E-state index contributed by atoms with van der Waals surface area (Å²) in [6, 6.07) is 6.01. The van der Waals surface area contributed by atoms with Crippen molar-refractivity contribution in [3.8, 4) is 11.1 Å². The number of halogens is 4. The molecule has 158 valence electrons. The number of ether oxygens (including phenoxy) is 1. The Morgan fingerprint density at radius 2 is 1.60 bits per heavy atom. The van der Waals surface area contributed by atoms with Gasteiger partial charge in [0.05, 0.1) is 23.5 Å². The van der Waals surface area contributed by atoms with Crippen molar-refractivity contribution in [3.05, 3.63) is 82.6 Å². The van der Waals surface area contributed by atoms with Crippen LogP contribution in [0.5, 0.6) is 0 Å². The van der Waals surface area contributed by atoms with Crippen LogP contribution >= 0.6 is 0 Å². The number of allylic oxidation sites excluding steroid dienone is 2. The van der Waals surface area contributed by atoms with Crippen molar-refractivity contribution in [3.63, 3.8) is 0 Å². The average molecular weight is 416 g/mol. The van der Waals surface area contributed by atoms with E-state index in [4.69, 9.17) is 4.74 Å². The average Bonchev–Trinajstić information content (AvgIpc) is 2.98. The molecular weight excluding hydrogens is 392 g/mol. The zero-order valence-corrected chi connectivity index (χ0v) is 16.9. The SMILES string of the molecule is C=CC1CC=C(CCc2ccc3c(c2F)C(F)(F)c2c-3ccc(CCC)c2F)OC1. The van der Waals surface area contributed by atoms with Crippen molar-refractivity contribution >= 4 is 0 Å². The minimum atomic E-state index is -3.70. The van der Waals surface area contributed by atoms with E-state index >= 15 is 13.2 Å². The van der Waals surface area contributed by atoms with Crippen LogP contribution in [0.4, 0.5) is 17.6 Å². The highest BCUT2D eigenvalue weighted by Gasteiger charge is 2.49. The topological polar surface area (TPSA) is 9.23 Å². The second-order valence-electron chi connectivity index (χ2n) is 7.96. The Morgan fingerprint density at radius 3 is 2.10 bits per heavy atom. The Bertz CT molecular complexity index is 1020. The van der Waals surface area contributed by atoms with Crippen LogP contribution < -0.4 is 0 Å². The highest BCUT2D eigenvalue weighted by molar-refractivity contribution is 5.80. The summed E-state index contributed by atoms with van der Waals surface area (Å²) in [5.41, 5.74) is -0.845. The van der Waals surface area contributed by atoms with Gasteiger partial charge in [-0.3, -0.25) is 0 Å². The largest absolute Gasteiger partial charge is 0.498 e. The lowest BCUT2D eigenvalue weighted by molar-refractivity contribution is 0.0401. The summed E-state index contributed by atoms with van der Waals surface area (Å²) in [7, 11) is 0. The minimum Gasteiger partial charge on any atom is -0.498 e. The predicted octanol–water partition coefficient (Wildman–Crippen LogP) is 7.08. The van der Waals surface area contributed by atoms with Crippen LogP contribution in [-0.2, 0) is 23.5 Å². The Kier molecular flexibility index (Phi) is 5.48. The van der Waals surface area contributed by atoms with Gasteiger partial charge in [0.15, 0.2) is 0 Å². The first-order valence-corrected chi connectivity index (χ1v) is 10.3. The Hall–Kier alpha value is -2.56. The molecule has 1 heterocycles. The van der Waals surface area contributed by atoms with Gasteiger partial charge >= 0.3 is 5.92 Å². The van der Waals surface area contributed by atoms with E-state index in [1.165, 1.54) is 24.3 Å². The van der Waals surface area contributed by atoms with Crippen LogP contribution in [-0.4, -0.2) is 6.61 Å².